The summed E-state index contributed by atoms with van der Waals surface area (Å²) in [7, 11) is 0. The first-order valence-corrected chi connectivity index (χ1v) is 7.97. The molecule has 0 aromatic carbocycles. The van der Waals surface area contributed by atoms with Crippen molar-refractivity contribution in [3.05, 3.63) is 0 Å². The predicted molar refractivity (Wildman–Crippen MR) is 75.0 cm³/mol. The Morgan fingerprint density at radius 1 is 1.32 bits per heavy atom. The van der Waals surface area contributed by atoms with Crippen LogP contribution in [-0.2, 0) is 14.3 Å². The molecule has 3 nitrogen and oxygen atoms in total. The van der Waals surface area contributed by atoms with Gasteiger partial charge < -0.3 is 9.47 Å². The van der Waals surface area contributed by atoms with Gasteiger partial charge in [0.25, 0.3) is 0 Å². The SMILES string of the molecule is CCCCCCCC(=O)OCC1CCC2(C)O[C@H]2C1. The smallest absolute Gasteiger partial charge is 0.305 e. The normalized spacial score (nSPS) is 32.7. The Morgan fingerprint density at radius 3 is 2.84 bits per heavy atom. The molecule has 0 aromatic rings. The van der Waals surface area contributed by atoms with E-state index in [0.29, 0.717) is 25.0 Å². The Bertz CT molecular complexity index is 302. The summed E-state index contributed by atoms with van der Waals surface area (Å²) in [5, 5.41) is 0. The molecular weight excluding hydrogens is 240 g/mol. The molecule has 1 saturated heterocycles. The van der Waals surface area contributed by atoms with Gasteiger partial charge in [0.15, 0.2) is 0 Å². The average molecular weight is 268 g/mol. The number of carbonyl (C=O) groups is 1. The lowest BCUT2D eigenvalue weighted by Crippen LogP contribution is -2.25. The molecule has 2 aliphatic rings. The molecule has 2 unspecified atom stereocenters. The second-order valence-corrected chi connectivity index (χ2v) is 6.41. The van der Waals surface area contributed by atoms with Gasteiger partial charge in [0.2, 0.25) is 0 Å². The van der Waals surface area contributed by atoms with Crippen molar-refractivity contribution in [2.45, 2.75) is 83.3 Å². The van der Waals surface area contributed by atoms with Crippen LogP contribution in [0, 0.1) is 5.92 Å². The van der Waals surface area contributed by atoms with Crippen LogP contribution in [0.25, 0.3) is 0 Å². The Balaban J connectivity index is 1.49. The van der Waals surface area contributed by atoms with Crippen LogP contribution in [0.1, 0.15) is 71.6 Å². The van der Waals surface area contributed by atoms with Crippen molar-refractivity contribution in [1.82, 2.24) is 0 Å². The lowest BCUT2D eigenvalue weighted by molar-refractivity contribution is -0.145. The van der Waals surface area contributed by atoms with Gasteiger partial charge >= 0.3 is 5.97 Å². The third-order valence-corrected chi connectivity index (χ3v) is 4.60. The minimum absolute atomic E-state index is 0.0125. The van der Waals surface area contributed by atoms with Gasteiger partial charge in [-0.2, -0.15) is 0 Å². The van der Waals surface area contributed by atoms with Gasteiger partial charge in [-0.3, -0.25) is 4.79 Å². The predicted octanol–water partition coefficient (Wildman–Crippen LogP) is 3.85. The van der Waals surface area contributed by atoms with E-state index in [0.717, 1.165) is 32.1 Å². The molecule has 1 aliphatic carbocycles. The van der Waals surface area contributed by atoms with Crippen LogP contribution < -0.4 is 0 Å². The minimum atomic E-state index is -0.0125. The number of ether oxygens (including phenoxy) is 2. The molecule has 0 N–H and O–H groups in total. The van der Waals surface area contributed by atoms with Gasteiger partial charge in [0.05, 0.1) is 18.3 Å². The number of unbranched alkanes of at least 4 members (excludes halogenated alkanes) is 4. The van der Waals surface area contributed by atoms with E-state index in [1.165, 1.54) is 19.3 Å². The maximum atomic E-state index is 11.6. The highest BCUT2D eigenvalue weighted by atomic mass is 16.6. The number of hydrogen-bond acceptors (Lipinski definition) is 3. The Kier molecular flexibility index (Phi) is 5.26. The number of carbonyl (C=O) groups excluding carboxylic acids is 1. The van der Waals surface area contributed by atoms with Crippen LogP contribution in [0.15, 0.2) is 0 Å². The molecule has 3 heteroatoms. The molecule has 3 atom stereocenters. The molecule has 1 heterocycles. The van der Waals surface area contributed by atoms with Gasteiger partial charge in [-0.1, -0.05) is 32.6 Å². The number of rotatable bonds is 8. The van der Waals surface area contributed by atoms with E-state index >= 15 is 0 Å². The summed E-state index contributed by atoms with van der Waals surface area (Å²) in [6.07, 6.45) is 10.2. The first kappa shape index (κ1) is 14.8. The maximum Gasteiger partial charge on any atom is 0.305 e. The maximum absolute atomic E-state index is 11.6. The van der Waals surface area contributed by atoms with E-state index in [9.17, 15) is 4.79 Å². The van der Waals surface area contributed by atoms with Crippen LogP contribution >= 0.6 is 0 Å². The quantitative estimate of drug-likeness (QED) is 0.381. The Morgan fingerprint density at radius 2 is 2.11 bits per heavy atom. The topological polar surface area (TPSA) is 38.8 Å². The lowest BCUT2D eigenvalue weighted by Gasteiger charge is -2.21. The first-order chi connectivity index (χ1) is 9.14. The molecule has 2 rings (SSSR count). The van der Waals surface area contributed by atoms with Crippen molar-refractivity contribution in [3.8, 4) is 0 Å². The zero-order valence-corrected chi connectivity index (χ0v) is 12.5. The van der Waals surface area contributed by atoms with E-state index in [1.54, 1.807) is 0 Å². The lowest BCUT2D eigenvalue weighted by atomic mass is 9.83. The summed E-state index contributed by atoms with van der Waals surface area (Å²) in [5.74, 6) is 0.506. The van der Waals surface area contributed by atoms with E-state index in [1.807, 2.05) is 0 Å². The number of hydrogen-bond donors (Lipinski definition) is 0. The van der Waals surface area contributed by atoms with Crippen molar-refractivity contribution in [2.75, 3.05) is 6.61 Å². The van der Waals surface area contributed by atoms with Crippen molar-refractivity contribution in [1.29, 1.82) is 0 Å². The Labute approximate surface area is 117 Å². The highest BCUT2D eigenvalue weighted by Crippen LogP contribution is 2.49. The fourth-order valence-electron chi connectivity index (χ4n) is 3.03. The second kappa shape index (κ2) is 6.74. The molecule has 19 heavy (non-hydrogen) atoms. The van der Waals surface area contributed by atoms with E-state index in [-0.39, 0.29) is 11.6 Å². The minimum Gasteiger partial charge on any atom is -0.465 e. The summed E-state index contributed by atoms with van der Waals surface area (Å²) in [4.78, 5) is 11.6. The van der Waals surface area contributed by atoms with E-state index < -0.39 is 0 Å². The monoisotopic (exact) mass is 268 g/mol. The molecule has 0 spiro atoms. The van der Waals surface area contributed by atoms with E-state index in [2.05, 4.69) is 13.8 Å². The van der Waals surface area contributed by atoms with Crippen molar-refractivity contribution >= 4 is 5.97 Å². The van der Waals surface area contributed by atoms with Crippen molar-refractivity contribution < 1.29 is 14.3 Å². The third kappa shape index (κ3) is 4.48. The highest BCUT2D eigenvalue weighted by molar-refractivity contribution is 5.69. The molecule has 0 bridgehead atoms. The first-order valence-electron chi connectivity index (χ1n) is 7.97. The number of fused-ring (bicyclic) bond motifs is 1. The summed E-state index contributed by atoms with van der Waals surface area (Å²) in [6.45, 7) is 4.99. The van der Waals surface area contributed by atoms with Crippen LogP contribution in [0.4, 0.5) is 0 Å². The molecule has 2 fully saturated rings. The molecular formula is C16H28O3. The van der Waals surface area contributed by atoms with E-state index in [4.69, 9.17) is 9.47 Å². The summed E-state index contributed by atoms with van der Waals surface area (Å²) in [5.41, 5.74) is 0.166. The van der Waals surface area contributed by atoms with Gasteiger partial charge in [0, 0.05) is 6.42 Å². The van der Waals surface area contributed by atoms with Crippen LogP contribution in [-0.4, -0.2) is 24.3 Å². The average Bonchev–Trinajstić information content (AvgIpc) is 3.07. The number of epoxide rings is 1. The van der Waals surface area contributed by atoms with Crippen LogP contribution in [0.2, 0.25) is 0 Å². The fourth-order valence-corrected chi connectivity index (χ4v) is 3.03. The molecule has 110 valence electrons. The standard InChI is InChI=1S/C16H28O3/c1-3-4-5-6-7-8-15(17)18-12-13-9-10-16(2)14(11-13)19-16/h13-14H,3-12H2,1-2H3/t13?,14-,16?/m0/s1. The van der Waals surface area contributed by atoms with Gasteiger partial charge in [-0.05, 0) is 38.5 Å². The second-order valence-electron chi connectivity index (χ2n) is 6.41. The number of esters is 1. The van der Waals surface area contributed by atoms with Gasteiger partial charge in [-0.25, -0.2) is 0 Å². The zero-order valence-electron chi connectivity index (χ0n) is 12.5. The Hall–Kier alpha value is -0.570. The zero-order chi connectivity index (χ0) is 13.7. The van der Waals surface area contributed by atoms with Crippen molar-refractivity contribution in [3.63, 3.8) is 0 Å². The van der Waals surface area contributed by atoms with Crippen LogP contribution in [0.3, 0.4) is 0 Å². The summed E-state index contributed by atoms with van der Waals surface area (Å²) >= 11 is 0. The molecule has 1 saturated carbocycles. The van der Waals surface area contributed by atoms with Gasteiger partial charge in [-0.15, -0.1) is 0 Å². The molecule has 0 aromatic heterocycles. The molecule has 0 amide bonds. The van der Waals surface area contributed by atoms with Gasteiger partial charge in [0.1, 0.15) is 0 Å². The van der Waals surface area contributed by atoms with Crippen LogP contribution in [0.5, 0.6) is 0 Å². The van der Waals surface area contributed by atoms with Crippen molar-refractivity contribution in [2.24, 2.45) is 5.92 Å². The largest absolute Gasteiger partial charge is 0.465 e. The molecule has 0 radical (unpaired) electrons. The summed E-state index contributed by atoms with van der Waals surface area (Å²) < 4.78 is 11.1. The fraction of sp³-hybridized carbons (Fsp3) is 0.938. The molecule has 1 aliphatic heterocycles. The summed E-state index contributed by atoms with van der Waals surface area (Å²) in [6, 6.07) is 0. The highest BCUT2D eigenvalue weighted by Gasteiger charge is 2.55. The third-order valence-electron chi connectivity index (χ3n) is 4.60.